The Labute approximate surface area is 191 Å². The number of nitrogens with zero attached hydrogens (tertiary/aromatic N) is 3. The van der Waals surface area contributed by atoms with Crippen LogP contribution in [-0.4, -0.2) is 59.3 Å². The van der Waals surface area contributed by atoms with Gasteiger partial charge in [0, 0.05) is 25.4 Å². The van der Waals surface area contributed by atoms with Crippen LogP contribution in [0.1, 0.15) is 37.1 Å². The topological polar surface area (TPSA) is 111 Å². The summed E-state index contributed by atoms with van der Waals surface area (Å²) in [6, 6.07) is 7.14. The zero-order chi connectivity index (χ0) is 22.7. The van der Waals surface area contributed by atoms with E-state index in [0.717, 1.165) is 25.1 Å². The van der Waals surface area contributed by atoms with Crippen molar-refractivity contribution < 1.29 is 14.0 Å². The van der Waals surface area contributed by atoms with Crippen LogP contribution < -0.4 is 10.6 Å². The van der Waals surface area contributed by atoms with Crippen LogP contribution in [0, 0.1) is 11.3 Å². The first-order valence-electron chi connectivity index (χ1n) is 10.8. The zero-order valence-corrected chi connectivity index (χ0v) is 18.7. The largest absolute Gasteiger partial charge is 0.441 e. The Morgan fingerprint density at radius 2 is 2.22 bits per heavy atom. The second-order valence-corrected chi connectivity index (χ2v) is 8.86. The molecule has 1 aromatic heterocycles. The van der Waals surface area contributed by atoms with E-state index in [2.05, 4.69) is 39.7 Å². The number of hydrogen-bond donors (Lipinski definition) is 2. The minimum absolute atomic E-state index is 0.0822. The van der Waals surface area contributed by atoms with E-state index in [1.807, 2.05) is 18.2 Å². The summed E-state index contributed by atoms with van der Waals surface area (Å²) in [5.41, 5.74) is 2.88. The third-order valence-corrected chi connectivity index (χ3v) is 6.08. The van der Waals surface area contributed by atoms with Gasteiger partial charge in [0.15, 0.2) is 11.5 Å². The van der Waals surface area contributed by atoms with Gasteiger partial charge in [-0.3, -0.25) is 9.59 Å². The quantitative estimate of drug-likeness (QED) is 0.591. The number of carbonyl (C=O) groups is 2. The number of rotatable bonds is 8. The Morgan fingerprint density at radius 1 is 1.41 bits per heavy atom. The first-order valence-corrected chi connectivity index (χ1v) is 11.3. The summed E-state index contributed by atoms with van der Waals surface area (Å²) >= 11 is 5.66. The van der Waals surface area contributed by atoms with Crippen LogP contribution in [0.2, 0.25) is 0 Å². The maximum absolute atomic E-state index is 12.8. The van der Waals surface area contributed by atoms with Gasteiger partial charge in [-0.05, 0) is 49.6 Å². The highest BCUT2D eigenvalue weighted by atomic mass is 35.5. The van der Waals surface area contributed by atoms with Crippen molar-refractivity contribution in [2.24, 2.45) is 0 Å². The van der Waals surface area contributed by atoms with Gasteiger partial charge in [0.05, 0.1) is 12.5 Å². The van der Waals surface area contributed by atoms with Crippen LogP contribution in [0.4, 0.5) is 0 Å². The van der Waals surface area contributed by atoms with E-state index in [0.29, 0.717) is 29.8 Å². The van der Waals surface area contributed by atoms with Crippen LogP contribution in [0.15, 0.2) is 28.7 Å². The molecule has 32 heavy (non-hydrogen) atoms. The van der Waals surface area contributed by atoms with Gasteiger partial charge in [-0.25, -0.2) is 4.98 Å². The van der Waals surface area contributed by atoms with E-state index < -0.39 is 17.5 Å². The summed E-state index contributed by atoms with van der Waals surface area (Å²) in [5, 5.41) is 14.7. The van der Waals surface area contributed by atoms with Crippen LogP contribution >= 0.6 is 11.6 Å². The number of alkyl halides is 1. The van der Waals surface area contributed by atoms with E-state index in [-0.39, 0.29) is 24.6 Å². The lowest BCUT2D eigenvalue weighted by Gasteiger charge is -2.21. The highest BCUT2D eigenvalue weighted by Crippen LogP contribution is 2.34. The zero-order valence-electron chi connectivity index (χ0n) is 18.0. The minimum atomic E-state index is -0.902. The Morgan fingerprint density at radius 3 is 2.88 bits per heavy atom. The molecule has 8 nitrogen and oxygen atoms in total. The summed E-state index contributed by atoms with van der Waals surface area (Å²) < 4.78 is 5.94. The van der Waals surface area contributed by atoms with Gasteiger partial charge in [0.1, 0.15) is 17.1 Å². The maximum atomic E-state index is 12.8. The molecule has 1 aliphatic carbocycles. The Hall–Kier alpha value is -2.89. The Kier molecular flexibility index (Phi) is 6.49. The molecule has 0 bridgehead atoms. The van der Waals surface area contributed by atoms with Crippen molar-refractivity contribution in [2.75, 3.05) is 26.0 Å². The normalized spacial score (nSPS) is 18.5. The van der Waals surface area contributed by atoms with Crippen molar-refractivity contribution >= 4 is 40.1 Å². The molecular weight excluding hydrogens is 430 g/mol. The molecule has 4 rings (SSSR count). The summed E-state index contributed by atoms with van der Waals surface area (Å²) in [7, 11) is 2.10. The van der Waals surface area contributed by atoms with E-state index >= 15 is 0 Å². The number of nitriles is 1. The van der Waals surface area contributed by atoms with E-state index in [4.69, 9.17) is 16.0 Å². The van der Waals surface area contributed by atoms with Gasteiger partial charge in [-0.1, -0.05) is 12.1 Å². The fourth-order valence-corrected chi connectivity index (χ4v) is 3.91. The molecule has 1 unspecified atom stereocenters. The number of amides is 2. The third-order valence-electron chi connectivity index (χ3n) is 5.89. The minimum Gasteiger partial charge on any atom is -0.441 e. The first kappa shape index (κ1) is 22.3. The molecule has 2 aliphatic rings. The number of nitrogens with one attached hydrogen (secondary N) is 2. The van der Waals surface area contributed by atoms with Crippen molar-refractivity contribution in [3.8, 4) is 6.07 Å². The first-order chi connectivity index (χ1) is 15.4. The fraction of sp³-hybridized carbons (Fsp3) is 0.478. The highest BCUT2D eigenvalue weighted by Gasteiger charge is 2.45. The molecule has 1 atom stereocenters. The third kappa shape index (κ3) is 5.12. The predicted molar refractivity (Wildman–Crippen MR) is 121 cm³/mol. The summed E-state index contributed by atoms with van der Waals surface area (Å²) in [6.45, 7) is 1.92. The van der Waals surface area contributed by atoms with Gasteiger partial charge in [-0.2, -0.15) is 5.26 Å². The number of likely N-dealkylation sites (N-methyl/N-ethyl adjacent to an activating group) is 1. The fourth-order valence-electron chi connectivity index (χ4n) is 3.74. The Bertz CT molecular complexity index is 1100. The molecule has 1 aliphatic heterocycles. The van der Waals surface area contributed by atoms with Gasteiger partial charge < -0.3 is 20.0 Å². The van der Waals surface area contributed by atoms with Gasteiger partial charge in [0.2, 0.25) is 11.8 Å². The number of aromatic nitrogens is 1. The van der Waals surface area contributed by atoms with Crippen LogP contribution in [0.25, 0.3) is 16.7 Å². The number of benzene rings is 1. The molecule has 2 aromatic rings. The summed E-state index contributed by atoms with van der Waals surface area (Å²) in [6.07, 6.45) is 4.58. The highest BCUT2D eigenvalue weighted by molar-refractivity contribution is 6.19. The lowest BCUT2D eigenvalue weighted by Crippen LogP contribution is -2.51. The second kappa shape index (κ2) is 9.31. The molecule has 1 aromatic carbocycles. The maximum Gasteiger partial charge on any atom is 0.244 e. The monoisotopic (exact) mass is 455 g/mol. The van der Waals surface area contributed by atoms with E-state index in [1.165, 1.54) is 5.57 Å². The van der Waals surface area contributed by atoms with Gasteiger partial charge in [0.25, 0.3) is 0 Å². The second-order valence-electron chi connectivity index (χ2n) is 8.48. The van der Waals surface area contributed by atoms with Gasteiger partial charge >= 0.3 is 0 Å². The van der Waals surface area contributed by atoms with Crippen molar-refractivity contribution in [1.82, 2.24) is 20.5 Å². The van der Waals surface area contributed by atoms with Crippen LogP contribution in [-0.2, 0) is 16.0 Å². The van der Waals surface area contributed by atoms with Crippen molar-refractivity contribution in [1.29, 1.82) is 5.26 Å². The molecule has 1 saturated carbocycles. The SMILES string of the molecule is CN1CC=C(c2ccc3nc(CC(NC(=O)CCCl)C(=O)NC4(C#N)CC4)oc3c2)CC1. The number of carbonyl (C=O) groups excluding carboxylic acids is 2. The molecule has 2 amide bonds. The predicted octanol–water partition coefficient (Wildman–Crippen LogP) is 2.38. The molecule has 9 heteroatoms. The molecule has 2 heterocycles. The van der Waals surface area contributed by atoms with Crippen LogP contribution in [0.5, 0.6) is 0 Å². The van der Waals surface area contributed by atoms with Crippen molar-refractivity contribution in [2.45, 2.75) is 43.7 Å². The molecule has 0 spiro atoms. The molecular formula is C23H26ClN5O3. The van der Waals surface area contributed by atoms with Gasteiger partial charge in [-0.15, -0.1) is 11.6 Å². The molecule has 1 fully saturated rings. The molecule has 0 saturated heterocycles. The van der Waals surface area contributed by atoms with E-state index in [9.17, 15) is 14.9 Å². The number of halogens is 1. The lowest BCUT2D eigenvalue weighted by molar-refractivity contribution is -0.129. The molecule has 2 N–H and O–H groups in total. The van der Waals surface area contributed by atoms with E-state index in [1.54, 1.807) is 0 Å². The molecule has 168 valence electrons. The smallest absolute Gasteiger partial charge is 0.244 e. The number of hydrogen-bond acceptors (Lipinski definition) is 6. The van der Waals surface area contributed by atoms with Crippen molar-refractivity contribution in [3.05, 3.63) is 35.7 Å². The Balaban J connectivity index is 1.52. The summed E-state index contributed by atoms with van der Waals surface area (Å²) in [4.78, 5) is 31.7. The molecule has 0 radical (unpaired) electrons. The average Bonchev–Trinajstić information content (AvgIpc) is 3.43. The number of fused-ring (bicyclic) bond motifs is 1. The van der Waals surface area contributed by atoms with Crippen LogP contribution in [0.3, 0.4) is 0 Å². The lowest BCUT2D eigenvalue weighted by atomic mass is 9.99. The number of oxazole rings is 1. The van der Waals surface area contributed by atoms with Crippen molar-refractivity contribution in [3.63, 3.8) is 0 Å². The standard InChI is InChI=1S/C23H26ClN5O3/c1-29-10-5-15(6-11-29)16-2-3-17-19(12-16)32-21(27-17)13-18(26-20(30)4-9-24)22(31)28-23(14-25)7-8-23/h2-3,5,12,18H,4,6-11,13H2,1H3,(H,26,30)(H,28,31). The summed E-state index contributed by atoms with van der Waals surface area (Å²) in [5.74, 6) is -0.261. The average molecular weight is 456 g/mol.